The second-order valence-corrected chi connectivity index (χ2v) is 5.23. The van der Waals surface area contributed by atoms with E-state index in [-0.39, 0.29) is 11.7 Å². The smallest absolute Gasteiger partial charge is 0.343 e. The van der Waals surface area contributed by atoms with E-state index in [1.165, 1.54) is 6.07 Å². The van der Waals surface area contributed by atoms with E-state index in [1.807, 2.05) is 6.07 Å². The van der Waals surface area contributed by atoms with E-state index in [0.29, 0.717) is 25.1 Å². The number of carbonyl (C=O) groups is 2. The summed E-state index contributed by atoms with van der Waals surface area (Å²) in [7, 11) is 0. The van der Waals surface area contributed by atoms with E-state index >= 15 is 0 Å². The average Bonchev–Trinajstić information content (AvgIpc) is 2.53. The van der Waals surface area contributed by atoms with Crippen molar-refractivity contribution in [3.05, 3.63) is 29.3 Å². The van der Waals surface area contributed by atoms with Crippen LogP contribution < -0.4 is 16.2 Å². The highest BCUT2D eigenvalue weighted by Crippen LogP contribution is 2.24. The van der Waals surface area contributed by atoms with Crippen LogP contribution in [0, 0.1) is 12.8 Å². The molecule has 0 heterocycles. The minimum Gasteiger partial charge on any atom is -0.479 e. The van der Waals surface area contributed by atoms with Crippen molar-refractivity contribution in [2.45, 2.75) is 25.6 Å². The highest BCUT2D eigenvalue weighted by atomic mass is 16.6. The molecule has 0 amide bonds. The van der Waals surface area contributed by atoms with Gasteiger partial charge in [-0.05, 0) is 49.5 Å². The van der Waals surface area contributed by atoms with Gasteiger partial charge in [0.25, 0.3) is 0 Å². The highest BCUT2D eigenvalue weighted by molar-refractivity contribution is 5.85. The van der Waals surface area contributed by atoms with Gasteiger partial charge >= 0.3 is 11.9 Å². The molecule has 0 saturated carbocycles. The molecule has 1 rings (SSSR count). The Morgan fingerprint density at radius 1 is 1.17 bits per heavy atom. The number of carboxylic acids is 1. The molecule has 0 unspecified atom stereocenters. The van der Waals surface area contributed by atoms with Gasteiger partial charge in [0, 0.05) is 0 Å². The zero-order chi connectivity index (χ0) is 17.6. The molecule has 0 bridgehead atoms. The van der Waals surface area contributed by atoms with E-state index in [2.05, 4.69) is 0 Å². The first-order chi connectivity index (χ1) is 10.8. The van der Waals surface area contributed by atoms with Crippen LogP contribution in [-0.4, -0.2) is 52.6 Å². The molecule has 0 aliphatic carbocycles. The molecule has 8 nitrogen and oxygen atoms in total. The van der Waals surface area contributed by atoms with Crippen LogP contribution >= 0.6 is 0 Å². The van der Waals surface area contributed by atoms with Gasteiger partial charge in [-0.15, -0.1) is 0 Å². The highest BCUT2D eigenvalue weighted by Gasteiger charge is 2.32. The summed E-state index contributed by atoms with van der Waals surface area (Å²) in [6.45, 7) is 2.56. The lowest BCUT2D eigenvalue weighted by Crippen LogP contribution is -2.41. The largest absolute Gasteiger partial charge is 0.479 e. The van der Waals surface area contributed by atoms with Gasteiger partial charge in [0.1, 0.15) is 5.75 Å². The van der Waals surface area contributed by atoms with Gasteiger partial charge in [-0.1, -0.05) is 12.1 Å². The Kier molecular flexibility index (Phi) is 7.11. The van der Waals surface area contributed by atoms with Crippen LogP contribution in [0.5, 0.6) is 5.75 Å². The molecule has 7 N–H and O–H groups in total. The summed E-state index contributed by atoms with van der Waals surface area (Å²) < 4.78 is 4.99. The quantitative estimate of drug-likeness (QED) is 0.294. The molecule has 2 atom stereocenters. The van der Waals surface area contributed by atoms with Gasteiger partial charge in [-0.2, -0.15) is 0 Å². The van der Waals surface area contributed by atoms with Crippen molar-refractivity contribution in [1.29, 1.82) is 0 Å². The van der Waals surface area contributed by atoms with Crippen LogP contribution in [0.15, 0.2) is 18.2 Å². The molecule has 0 spiro atoms. The number of carboxylic acid groups (broad SMARTS) is 1. The third kappa shape index (κ3) is 5.00. The summed E-state index contributed by atoms with van der Waals surface area (Å²) in [5, 5.41) is 27.2. The number of nitrogens with two attached hydrogens (primary N) is 2. The molecule has 0 aliphatic rings. The molecule has 8 heteroatoms. The number of carbonyl (C=O) groups excluding carboxylic acids is 1. The number of ether oxygens (including phenoxy) is 1. The summed E-state index contributed by atoms with van der Waals surface area (Å²) in [4.78, 5) is 22.3. The van der Waals surface area contributed by atoms with Crippen molar-refractivity contribution in [3.63, 3.8) is 0 Å². The molecule has 0 aromatic heterocycles. The number of hydrogen-bond acceptors (Lipinski definition) is 7. The standard InChI is InChI=1S/C15H22N2O6/c1-8-10(5-9(6-16)7-17)3-2-4-11(8)23-15(22)13(19)12(18)14(20)21/h2-4,9,12-13,18-19H,5-7,16-17H2,1H3,(H,20,21)/t12-,13-/m1/s1. The van der Waals surface area contributed by atoms with Crippen LogP contribution in [0.4, 0.5) is 0 Å². The SMILES string of the molecule is Cc1c(CC(CN)CN)cccc1OC(=O)[C@H](O)[C@@H](O)C(=O)O. The van der Waals surface area contributed by atoms with Gasteiger partial charge in [-0.25, -0.2) is 9.59 Å². The Balaban J connectivity index is 2.89. The van der Waals surface area contributed by atoms with E-state index in [0.717, 1.165) is 5.56 Å². The third-order valence-corrected chi connectivity index (χ3v) is 3.58. The number of aliphatic hydroxyl groups is 2. The molecule has 0 saturated heterocycles. The predicted octanol–water partition coefficient (Wildman–Crippen LogP) is -1.22. The Bertz CT molecular complexity index is 559. The zero-order valence-corrected chi connectivity index (χ0v) is 12.8. The molecule has 1 aromatic rings. The maximum Gasteiger partial charge on any atom is 0.343 e. The number of aliphatic hydroxyl groups excluding tert-OH is 2. The molecular weight excluding hydrogens is 304 g/mol. The Labute approximate surface area is 133 Å². The first-order valence-corrected chi connectivity index (χ1v) is 7.11. The fourth-order valence-corrected chi connectivity index (χ4v) is 2.00. The number of aliphatic carboxylic acids is 1. The van der Waals surface area contributed by atoms with E-state index in [4.69, 9.17) is 21.3 Å². The fraction of sp³-hybridized carbons (Fsp3) is 0.467. The normalized spacial score (nSPS) is 13.7. The second-order valence-electron chi connectivity index (χ2n) is 5.23. The van der Waals surface area contributed by atoms with Gasteiger partial charge in [0.05, 0.1) is 0 Å². The topological polar surface area (TPSA) is 156 Å². The summed E-state index contributed by atoms with van der Waals surface area (Å²) in [6, 6.07) is 5.01. The van der Waals surface area contributed by atoms with Gasteiger partial charge < -0.3 is 31.5 Å². The zero-order valence-electron chi connectivity index (χ0n) is 12.8. The Morgan fingerprint density at radius 2 is 1.78 bits per heavy atom. The maximum atomic E-state index is 11.7. The Hall–Kier alpha value is -2.00. The summed E-state index contributed by atoms with van der Waals surface area (Å²) in [5.41, 5.74) is 12.8. The van der Waals surface area contributed by atoms with Crippen LogP contribution in [0.25, 0.3) is 0 Å². The number of rotatable bonds is 8. The minimum atomic E-state index is -2.25. The van der Waals surface area contributed by atoms with Crippen LogP contribution in [-0.2, 0) is 16.0 Å². The monoisotopic (exact) mass is 326 g/mol. The number of benzene rings is 1. The van der Waals surface area contributed by atoms with Crippen molar-refractivity contribution in [2.75, 3.05) is 13.1 Å². The van der Waals surface area contributed by atoms with Gasteiger partial charge in [0.2, 0.25) is 0 Å². The van der Waals surface area contributed by atoms with Crippen LogP contribution in [0.3, 0.4) is 0 Å². The average molecular weight is 326 g/mol. The number of hydrogen-bond donors (Lipinski definition) is 5. The van der Waals surface area contributed by atoms with Crippen molar-refractivity contribution in [2.24, 2.45) is 17.4 Å². The maximum absolute atomic E-state index is 11.7. The summed E-state index contributed by atoms with van der Waals surface area (Å²) in [6.07, 6.45) is -3.81. The number of esters is 1. The van der Waals surface area contributed by atoms with Crippen LogP contribution in [0.1, 0.15) is 11.1 Å². The lowest BCUT2D eigenvalue weighted by molar-refractivity contribution is -0.164. The van der Waals surface area contributed by atoms with Gasteiger partial charge in [-0.3, -0.25) is 0 Å². The lowest BCUT2D eigenvalue weighted by Gasteiger charge is -2.17. The molecule has 128 valence electrons. The fourth-order valence-electron chi connectivity index (χ4n) is 2.00. The second kappa shape index (κ2) is 8.59. The van der Waals surface area contributed by atoms with Crippen LogP contribution in [0.2, 0.25) is 0 Å². The lowest BCUT2D eigenvalue weighted by atomic mass is 9.96. The summed E-state index contributed by atoms with van der Waals surface area (Å²) >= 11 is 0. The molecule has 0 aliphatic heterocycles. The minimum absolute atomic E-state index is 0.0825. The van der Waals surface area contributed by atoms with E-state index in [9.17, 15) is 19.8 Å². The summed E-state index contributed by atoms with van der Waals surface area (Å²) in [5.74, 6) is -2.70. The molecule has 23 heavy (non-hydrogen) atoms. The van der Waals surface area contributed by atoms with Crippen molar-refractivity contribution in [1.82, 2.24) is 0 Å². The third-order valence-electron chi connectivity index (χ3n) is 3.58. The van der Waals surface area contributed by atoms with Crippen molar-refractivity contribution < 1.29 is 29.6 Å². The molecule has 0 fully saturated rings. The Morgan fingerprint density at radius 3 is 2.30 bits per heavy atom. The molecule has 1 aromatic carbocycles. The van der Waals surface area contributed by atoms with E-state index < -0.39 is 24.1 Å². The van der Waals surface area contributed by atoms with E-state index in [1.54, 1.807) is 13.0 Å². The first-order valence-electron chi connectivity index (χ1n) is 7.11. The molecular formula is C15H22N2O6. The first kappa shape index (κ1) is 19.0. The van der Waals surface area contributed by atoms with Gasteiger partial charge in [0.15, 0.2) is 12.2 Å². The molecule has 0 radical (unpaired) electrons. The van der Waals surface area contributed by atoms with Crippen molar-refractivity contribution >= 4 is 11.9 Å². The predicted molar refractivity (Wildman–Crippen MR) is 81.8 cm³/mol. The van der Waals surface area contributed by atoms with Crippen molar-refractivity contribution in [3.8, 4) is 5.75 Å².